The normalized spacial score (nSPS) is 12.2. The van der Waals surface area contributed by atoms with Gasteiger partial charge in [0, 0.05) is 28.1 Å². The summed E-state index contributed by atoms with van der Waals surface area (Å²) in [6, 6.07) is 2.95. The Hall–Kier alpha value is -0.780. The van der Waals surface area contributed by atoms with Gasteiger partial charge in [0.1, 0.15) is 0 Å². The van der Waals surface area contributed by atoms with E-state index in [1.54, 1.807) is 13.1 Å². The molecule has 0 amide bonds. The summed E-state index contributed by atoms with van der Waals surface area (Å²) in [4.78, 5) is -0.0141. The fourth-order valence-electron chi connectivity index (χ4n) is 1.38. The molecule has 2 rings (SSSR count). The van der Waals surface area contributed by atoms with Gasteiger partial charge in [-0.25, -0.2) is 8.42 Å². The van der Waals surface area contributed by atoms with Crippen LogP contribution in [-0.4, -0.2) is 18.2 Å². The summed E-state index contributed by atoms with van der Waals surface area (Å²) in [5.41, 5.74) is 0.627. The van der Waals surface area contributed by atoms with Gasteiger partial charge in [-0.15, -0.1) is 0 Å². The maximum atomic E-state index is 11.3. The smallest absolute Gasteiger partial charge is 0.262 e. The average Bonchev–Trinajstić information content (AvgIpc) is 2.45. The molecule has 0 N–H and O–H groups in total. The third-order valence-corrected chi connectivity index (χ3v) is 3.64. The van der Waals surface area contributed by atoms with E-state index in [0.29, 0.717) is 15.9 Å². The Morgan fingerprint density at radius 1 is 1.40 bits per heavy atom. The Morgan fingerprint density at radius 2 is 2.07 bits per heavy atom. The van der Waals surface area contributed by atoms with Crippen LogP contribution in [0.1, 0.15) is 0 Å². The van der Waals surface area contributed by atoms with Gasteiger partial charge < -0.3 is 0 Å². The van der Waals surface area contributed by atoms with Crippen LogP contribution in [0.15, 0.2) is 23.2 Å². The van der Waals surface area contributed by atoms with Crippen molar-refractivity contribution in [3.8, 4) is 0 Å². The summed E-state index contributed by atoms with van der Waals surface area (Å²) < 4.78 is 24.1. The second-order valence-electron chi connectivity index (χ2n) is 3.04. The molecule has 4 nitrogen and oxygen atoms in total. The SMILES string of the molecule is Cn1ncc2c(S(=O)(=O)Cl)cc(Cl)cc21. The van der Waals surface area contributed by atoms with Crippen LogP contribution < -0.4 is 0 Å². The second kappa shape index (κ2) is 3.37. The van der Waals surface area contributed by atoms with Crippen molar-refractivity contribution in [2.45, 2.75) is 4.90 Å². The molecule has 0 fully saturated rings. The minimum absolute atomic E-state index is 0.0141. The number of aryl methyl sites for hydroxylation is 1. The Balaban J connectivity index is 2.97. The highest BCUT2D eigenvalue weighted by Gasteiger charge is 2.17. The largest absolute Gasteiger partial charge is 0.268 e. The molecule has 0 radical (unpaired) electrons. The number of hydrogen-bond donors (Lipinski definition) is 0. The van der Waals surface area contributed by atoms with Gasteiger partial charge in [0.2, 0.25) is 0 Å². The molecule has 0 aliphatic heterocycles. The van der Waals surface area contributed by atoms with Crippen molar-refractivity contribution >= 4 is 42.2 Å². The number of benzene rings is 1. The monoisotopic (exact) mass is 264 g/mol. The molecule has 7 heteroatoms. The Bertz CT molecular complexity index is 633. The fourth-order valence-corrected chi connectivity index (χ4v) is 2.73. The quantitative estimate of drug-likeness (QED) is 0.742. The zero-order chi connectivity index (χ0) is 11.2. The maximum absolute atomic E-state index is 11.3. The first-order chi connectivity index (χ1) is 6.89. The third-order valence-electron chi connectivity index (χ3n) is 2.06. The molecule has 1 heterocycles. The molecule has 0 saturated carbocycles. The number of rotatable bonds is 1. The summed E-state index contributed by atoms with van der Waals surface area (Å²) in [6.45, 7) is 0. The van der Waals surface area contributed by atoms with Gasteiger partial charge in [-0.2, -0.15) is 5.10 Å². The van der Waals surface area contributed by atoms with Crippen LogP contribution in [0, 0.1) is 0 Å². The number of halogens is 2. The molecule has 0 saturated heterocycles. The van der Waals surface area contributed by atoms with Gasteiger partial charge in [-0.3, -0.25) is 4.68 Å². The number of fused-ring (bicyclic) bond motifs is 1. The van der Waals surface area contributed by atoms with E-state index < -0.39 is 9.05 Å². The summed E-state index contributed by atoms with van der Waals surface area (Å²) in [7, 11) is 3.19. The minimum atomic E-state index is -3.80. The van der Waals surface area contributed by atoms with Gasteiger partial charge >= 0.3 is 0 Å². The Kier molecular flexibility index (Phi) is 2.41. The summed E-state index contributed by atoms with van der Waals surface area (Å²) in [6.07, 6.45) is 1.45. The van der Waals surface area contributed by atoms with Gasteiger partial charge in [0.05, 0.1) is 16.6 Å². The van der Waals surface area contributed by atoms with E-state index >= 15 is 0 Å². The molecule has 1 aromatic carbocycles. The van der Waals surface area contributed by atoms with Crippen molar-refractivity contribution in [1.82, 2.24) is 9.78 Å². The highest BCUT2D eigenvalue weighted by molar-refractivity contribution is 8.14. The number of hydrogen-bond acceptors (Lipinski definition) is 3. The summed E-state index contributed by atoms with van der Waals surface area (Å²) in [5, 5.41) is 4.73. The molecular formula is C8H6Cl2N2O2S. The van der Waals surface area contributed by atoms with Crippen LogP contribution >= 0.6 is 22.3 Å². The molecule has 2 aromatic rings. The summed E-state index contributed by atoms with van der Waals surface area (Å²) in [5.74, 6) is 0. The van der Waals surface area contributed by atoms with Gasteiger partial charge in [-0.1, -0.05) is 11.6 Å². The van der Waals surface area contributed by atoms with Crippen LogP contribution in [0.5, 0.6) is 0 Å². The molecule has 0 bridgehead atoms. The third kappa shape index (κ3) is 1.82. The lowest BCUT2D eigenvalue weighted by Gasteiger charge is -2.00. The molecule has 80 valence electrons. The van der Waals surface area contributed by atoms with E-state index in [-0.39, 0.29) is 4.90 Å². The topological polar surface area (TPSA) is 52.0 Å². The van der Waals surface area contributed by atoms with Crippen molar-refractivity contribution in [3.05, 3.63) is 23.4 Å². The zero-order valence-electron chi connectivity index (χ0n) is 7.61. The molecular weight excluding hydrogens is 259 g/mol. The van der Waals surface area contributed by atoms with Crippen LogP contribution in [0.2, 0.25) is 5.02 Å². The van der Waals surface area contributed by atoms with E-state index in [2.05, 4.69) is 5.10 Å². The first-order valence-electron chi connectivity index (χ1n) is 3.95. The second-order valence-corrected chi connectivity index (χ2v) is 6.01. The number of nitrogens with zero attached hydrogens (tertiary/aromatic N) is 2. The fraction of sp³-hybridized carbons (Fsp3) is 0.125. The predicted molar refractivity (Wildman–Crippen MR) is 58.8 cm³/mol. The maximum Gasteiger partial charge on any atom is 0.262 e. The van der Waals surface area contributed by atoms with E-state index in [0.717, 1.165) is 0 Å². The molecule has 15 heavy (non-hydrogen) atoms. The standard InChI is InChI=1S/C8H6Cl2N2O2S/c1-12-7-2-5(9)3-8(15(10,13)14)6(7)4-11-12/h2-4H,1H3. The number of aromatic nitrogens is 2. The van der Waals surface area contributed by atoms with Crippen LogP contribution in [0.4, 0.5) is 0 Å². The van der Waals surface area contributed by atoms with Crippen molar-refractivity contribution in [2.24, 2.45) is 7.05 Å². The van der Waals surface area contributed by atoms with Crippen molar-refractivity contribution in [3.63, 3.8) is 0 Å². The Morgan fingerprint density at radius 3 is 2.67 bits per heavy atom. The first kappa shape index (κ1) is 10.7. The van der Waals surface area contributed by atoms with Gasteiger partial charge in [0.15, 0.2) is 0 Å². The minimum Gasteiger partial charge on any atom is -0.268 e. The highest BCUT2D eigenvalue weighted by Crippen LogP contribution is 2.29. The van der Waals surface area contributed by atoms with Crippen LogP contribution in [0.3, 0.4) is 0 Å². The van der Waals surface area contributed by atoms with E-state index in [4.69, 9.17) is 22.3 Å². The van der Waals surface area contributed by atoms with Crippen molar-refractivity contribution < 1.29 is 8.42 Å². The first-order valence-corrected chi connectivity index (χ1v) is 6.64. The average molecular weight is 265 g/mol. The van der Waals surface area contributed by atoms with Crippen LogP contribution in [0.25, 0.3) is 10.9 Å². The lowest BCUT2D eigenvalue weighted by molar-refractivity contribution is 0.610. The van der Waals surface area contributed by atoms with E-state index in [1.165, 1.54) is 16.9 Å². The lowest BCUT2D eigenvalue weighted by atomic mass is 10.2. The molecule has 0 spiro atoms. The van der Waals surface area contributed by atoms with E-state index in [1.807, 2.05) is 0 Å². The Labute approximate surface area is 95.8 Å². The molecule has 0 aliphatic carbocycles. The molecule has 0 aliphatic rings. The zero-order valence-corrected chi connectivity index (χ0v) is 9.94. The van der Waals surface area contributed by atoms with Crippen molar-refractivity contribution in [2.75, 3.05) is 0 Å². The predicted octanol–water partition coefficient (Wildman–Crippen LogP) is 2.15. The van der Waals surface area contributed by atoms with E-state index in [9.17, 15) is 8.42 Å². The van der Waals surface area contributed by atoms with Crippen LogP contribution in [-0.2, 0) is 16.1 Å². The molecule has 0 atom stereocenters. The van der Waals surface area contributed by atoms with Gasteiger partial charge in [0.25, 0.3) is 9.05 Å². The van der Waals surface area contributed by atoms with Gasteiger partial charge in [-0.05, 0) is 12.1 Å². The highest BCUT2D eigenvalue weighted by atomic mass is 35.7. The lowest BCUT2D eigenvalue weighted by Crippen LogP contribution is -1.93. The molecule has 0 unspecified atom stereocenters. The summed E-state index contributed by atoms with van der Waals surface area (Å²) >= 11 is 5.79. The van der Waals surface area contributed by atoms with Crippen molar-refractivity contribution in [1.29, 1.82) is 0 Å². The molecule has 1 aromatic heterocycles.